The van der Waals surface area contributed by atoms with Crippen molar-refractivity contribution in [2.75, 3.05) is 36.5 Å². The van der Waals surface area contributed by atoms with E-state index in [0.29, 0.717) is 61.5 Å². The number of nitrogens with one attached hydrogen (secondary N) is 1. The average molecular weight is 536 g/mol. The first-order valence-corrected chi connectivity index (χ1v) is 11.2. The molecule has 2 aromatic heterocycles. The van der Waals surface area contributed by atoms with Crippen molar-refractivity contribution in [2.45, 2.75) is 12.7 Å². The van der Waals surface area contributed by atoms with Crippen LogP contribution in [0.4, 0.5) is 33.7 Å². The highest BCUT2D eigenvalue weighted by Crippen LogP contribution is 2.26. The molecule has 0 radical (unpaired) electrons. The standard InChI is InChI=1S/C22H20F2N6O.C2HF3O2/c23-16-4-1-3-15(11-16)13-25-20-19-21(28-22(27-20)29-7-9-31-10-8-29)30(14-26-19)18-6-2-5-17(24)12-18;3-2(4,5)1(6)7/h1-6,11-12,14H,7-10,13H2,(H,25,27,28);(H,6,7). The largest absolute Gasteiger partial charge is 0.490 e. The zero-order chi connectivity index (χ0) is 27.3. The highest BCUT2D eigenvalue weighted by Gasteiger charge is 2.38. The van der Waals surface area contributed by atoms with E-state index in [4.69, 9.17) is 24.6 Å². The van der Waals surface area contributed by atoms with Crippen molar-refractivity contribution in [3.8, 4) is 5.69 Å². The van der Waals surface area contributed by atoms with Gasteiger partial charge in [0.15, 0.2) is 17.0 Å². The summed E-state index contributed by atoms with van der Waals surface area (Å²) in [7, 11) is 0. The van der Waals surface area contributed by atoms with Gasteiger partial charge in [-0.2, -0.15) is 23.1 Å². The summed E-state index contributed by atoms with van der Waals surface area (Å²) in [5, 5.41) is 10.4. The molecule has 200 valence electrons. The molecular weight excluding hydrogens is 515 g/mol. The Labute approximate surface area is 212 Å². The number of rotatable bonds is 5. The summed E-state index contributed by atoms with van der Waals surface area (Å²) in [6.45, 7) is 2.90. The van der Waals surface area contributed by atoms with Gasteiger partial charge in [0, 0.05) is 19.6 Å². The Bertz CT molecular complexity index is 1420. The van der Waals surface area contributed by atoms with E-state index >= 15 is 0 Å². The summed E-state index contributed by atoms with van der Waals surface area (Å²) in [6, 6.07) is 12.6. The van der Waals surface area contributed by atoms with Crippen molar-refractivity contribution in [3.63, 3.8) is 0 Å². The number of carboxylic acids is 1. The fourth-order valence-corrected chi connectivity index (χ4v) is 3.56. The van der Waals surface area contributed by atoms with Crippen LogP contribution in [0.3, 0.4) is 0 Å². The molecule has 0 atom stereocenters. The summed E-state index contributed by atoms with van der Waals surface area (Å²) in [5.74, 6) is -2.32. The normalized spacial score (nSPS) is 13.7. The number of fused-ring (bicyclic) bond motifs is 1. The lowest BCUT2D eigenvalue weighted by Gasteiger charge is -2.27. The SMILES string of the molecule is Fc1cccc(CNc2nc(N3CCOCC3)nc3c2ncn3-c2cccc(F)c2)c1.O=C(O)C(F)(F)F. The number of morpholine rings is 1. The van der Waals surface area contributed by atoms with Gasteiger partial charge in [-0.15, -0.1) is 0 Å². The van der Waals surface area contributed by atoms with Gasteiger partial charge in [-0.1, -0.05) is 18.2 Å². The Morgan fingerprint density at radius 1 is 1.03 bits per heavy atom. The Kier molecular flexibility index (Phi) is 8.00. The third-order valence-electron chi connectivity index (χ3n) is 5.36. The van der Waals surface area contributed by atoms with E-state index in [-0.39, 0.29) is 11.6 Å². The van der Waals surface area contributed by atoms with E-state index in [1.807, 2.05) is 11.0 Å². The zero-order valence-electron chi connectivity index (χ0n) is 19.6. The fourth-order valence-electron chi connectivity index (χ4n) is 3.56. The molecule has 1 saturated heterocycles. The van der Waals surface area contributed by atoms with E-state index in [0.717, 1.165) is 5.56 Å². The molecule has 3 heterocycles. The van der Waals surface area contributed by atoms with Crippen LogP contribution in [0.2, 0.25) is 0 Å². The number of alkyl halides is 3. The van der Waals surface area contributed by atoms with Crippen molar-refractivity contribution in [1.29, 1.82) is 0 Å². The van der Waals surface area contributed by atoms with Gasteiger partial charge in [0.1, 0.15) is 18.0 Å². The minimum absolute atomic E-state index is 0.295. The van der Waals surface area contributed by atoms with Gasteiger partial charge in [0.05, 0.1) is 18.9 Å². The summed E-state index contributed by atoms with van der Waals surface area (Å²) >= 11 is 0. The molecule has 2 N–H and O–H groups in total. The van der Waals surface area contributed by atoms with Crippen molar-refractivity contribution < 1.29 is 36.6 Å². The summed E-state index contributed by atoms with van der Waals surface area (Å²) in [4.78, 5) is 24.8. The molecule has 0 spiro atoms. The number of aliphatic carboxylic acids is 1. The lowest BCUT2D eigenvalue weighted by molar-refractivity contribution is -0.192. The second-order valence-corrected chi connectivity index (χ2v) is 8.02. The number of hydrogen-bond donors (Lipinski definition) is 2. The predicted octanol–water partition coefficient (Wildman–Crippen LogP) is 4.18. The maximum Gasteiger partial charge on any atom is 0.490 e. The van der Waals surface area contributed by atoms with E-state index in [2.05, 4.69) is 10.3 Å². The van der Waals surface area contributed by atoms with Gasteiger partial charge in [-0.3, -0.25) is 4.57 Å². The molecule has 5 rings (SSSR count). The van der Waals surface area contributed by atoms with E-state index in [1.165, 1.54) is 24.3 Å². The lowest BCUT2D eigenvalue weighted by Crippen LogP contribution is -2.37. The molecule has 0 saturated carbocycles. The summed E-state index contributed by atoms with van der Waals surface area (Å²) < 4.78 is 66.3. The van der Waals surface area contributed by atoms with Gasteiger partial charge < -0.3 is 20.1 Å². The number of benzene rings is 2. The van der Waals surface area contributed by atoms with Crippen LogP contribution in [0.15, 0.2) is 54.9 Å². The van der Waals surface area contributed by atoms with Gasteiger partial charge in [0.2, 0.25) is 5.95 Å². The molecule has 1 aliphatic rings. The molecule has 0 unspecified atom stereocenters. The molecule has 9 nitrogen and oxygen atoms in total. The Hall–Kier alpha value is -4.33. The molecule has 1 aliphatic heterocycles. The Morgan fingerprint density at radius 3 is 2.32 bits per heavy atom. The topological polar surface area (TPSA) is 105 Å². The van der Waals surface area contributed by atoms with Crippen LogP contribution < -0.4 is 10.2 Å². The molecular formula is C24H21F5N6O3. The number of carbonyl (C=O) groups is 1. The van der Waals surface area contributed by atoms with Crippen LogP contribution in [0.1, 0.15) is 5.56 Å². The molecule has 0 aliphatic carbocycles. The third-order valence-corrected chi connectivity index (χ3v) is 5.36. The number of anilines is 2. The van der Waals surface area contributed by atoms with Crippen LogP contribution in [-0.4, -0.2) is 63.1 Å². The number of aromatic nitrogens is 4. The number of carboxylic acid groups (broad SMARTS) is 1. The van der Waals surface area contributed by atoms with Gasteiger partial charge in [-0.05, 0) is 35.9 Å². The van der Waals surface area contributed by atoms with E-state index in [1.54, 1.807) is 29.1 Å². The zero-order valence-corrected chi connectivity index (χ0v) is 19.6. The first-order valence-electron chi connectivity index (χ1n) is 11.2. The first-order chi connectivity index (χ1) is 18.1. The predicted molar refractivity (Wildman–Crippen MR) is 127 cm³/mol. The fraction of sp³-hybridized carbons (Fsp3) is 0.250. The smallest absolute Gasteiger partial charge is 0.475 e. The Morgan fingerprint density at radius 2 is 1.68 bits per heavy atom. The van der Waals surface area contributed by atoms with Crippen molar-refractivity contribution in [2.24, 2.45) is 0 Å². The second-order valence-electron chi connectivity index (χ2n) is 8.02. The van der Waals surface area contributed by atoms with Crippen molar-refractivity contribution in [3.05, 3.63) is 72.1 Å². The van der Waals surface area contributed by atoms with Crippen LogP contribution in [0.5, 0.6) is 0 Å². The number of nitrogens with zero attached hydrogens (tertiary/aromatic N) is 5. The number of halogens is 5. The molecule has 4 aromatic rings. The maximum absolute atomic E-state index is 13.8. The van der Waals surface area contributed by atoms with Gasteiger partial charge in [-0.25, -0.2) is 18.6 Å². The quantitative estimate of drug-likeness (QED) is 0.366. The molecule has 2 aromatic carbocycles. The van der Waals surface area contributed by atoms with Crippen LogP contribution in [0.25, 0.3) is 16.9 Å². The lowest BCUT2D eigenvalue weighted by atomic mass is 10.2. The van der Waals surface area contributed by atoms with Gasteiger partial charge in [0.25, 0.3) is 0 Å². The van der Waals surface area contributed by atoms with Crippen LogP contribution in [0, 0.1) is 11.6 Å². The van der Waals surface area contributed by atoms with E-state index in [9.17, 15) is 22.0 Å². The minimum Gasteiger partial charge on any atom is -0.475 e. The third kappa shape index (κ3) is 6.51. The number of hydrogen-bond acceptors (Lipinski definition) is 7. The van der Waals surface area contributed by atoms with Gasteiger partial charge >= 0.3 is 12.1 Å². The maximum atomic E-state index is 13.8. The molecule has 0 bridgehead atoms. The number of imidazole rings is 1. The first kappa shape index (κ1) is 26.7. The highest BCUT2D eigenvalue weighted by atomic mass is 19.4. The summed E-state index contributed by atoms with van der Waals surface area (Å²) in [5.41, 5.74) is 2.51. The van der Waals surface area contributed by atoms with Crippen LogP contribution >= 0.6 is 0 Å². The molecule has 14 heteroatoms. The average Bonchev–Trinajstić information content (AvgIpc) is 3.32. The molecule has 38 heavy (non-hydrogen) atoms. The monoisotopic (exact) mass is 536 g/mol. The number of ether oxygens (including phenoxy) is 1. The second kappa shape index (κ2) is 11.4. The summed E-state index contributed by atoms with van der Waals surface area (Å²) in [6.07, 6.45) is -3.48. The minimum atomic E-state index is -5.08. The van der Waals surface area contributed by atoms with Crippen molar-refractivity contribution >= 4 is 28.9 Å². The Balaban J connectivity index is 0.000000426. The highest BCUT2D eigenvalue weighted by molar-refractivity contribution is 5.85. The molecule has 0 amide bonds. The molecule has 1 fully saturated rings. The van der Waals surface area contributed by atoms with Crippen LogP contribution in [-0.2, 0) is 16.1 Å². The van der Waals surface area contributed by atoms with Crippen molar-refractivity contribution in [1.82, 2.24) is 19.5 Å². The van der Waals surface area contributed by atoms with E-state index < -0.39 is 12.1 Å².